The van der Waals surface area contributed by atoms with Gasteiger partial charge in [0.05, 0.1) is 5.56 Å². The highest BCUT2D eigenvalue weighted by Gasteiger charge is 2.70. The molecule has 0 bridgehead atoms. The van der Waals surface area contributed by atoms with Crippen molar-refractivity contribution in [2.24, 2.45) is 0 Å². The van der Waals surface area contributed by atoms with Crippen LogP contribution in [0.25, 0.3) is 0 Å². The number of hydrogen-bond donors (Lipinski definition) is 4. The Morgan fingerprint density at radius 1 is 1.24 bits per heavy atom. The maximum atomic E-state index is 12.6. The number of β-lactam (4-membered cyclic amide) rings is 1. The summed E-state index contributed by atoms with van der Waals surface area (Å²) in [6.07, 6.45) is 0. The van der Waals surface area contributed by atoms with Crippen molar-refractivity contribution in [3.8, 4) is 11.5 Å². The Kier molecular flexibility index (Phi) is 3.68. The number of nitrogens with one attached hydrogen (secondary N) is 1. The lowest BCUT2D eigenvalue weighted by molar-refractivity contribution is -0.165. The van der Waals surface area contributed by atoms with E-state index >= 15 is 0 Å². The summed E-state index contributed by atoms with van der Waals surface area (Å²) in [6.45, 7) is 5.01. The van der Waals surface area contributed by atoms with E-state index in [0.29, 0.717) is 0 Å². The Labute approximate surface area is 147 Å². The summed E-state index contributed by atoms with van der Waals surface area (Å²) in [5.41, 5.74) is -1.45. The molecule has 0 spiro atoms. The van der Waals surface area contributed by atoms with Gasteiger partial charge in [-0.15, -0.1) is 11.8 Å². The van der Waals surface area contributed by atoms with Crippen LogP contribution < -0.4 is 5.32 Å². The molecule has 2 aliphatic rings. The van der Waals surface area contributed by atoms with Crippen molar-refractivity contribution in [2.45, 2.75) is 42.5 Å². The summed E-state index contributed by atoms with van der Waals surface area (Å²) < 4.78 is -0.707. The van der Waals surface area contributed by atoms with E-state index in [1.807, 2.05) is 0 Å². The molecule has 2 fully saturated rings. The topological polar surface area (TPSA) is 127 Å². The second-order valence-corrected chi connectivity index (χ2v) is 8.62. The fraction of sp³-hybridized carbons (Fsp3) is 0.438. The summed E-state index contributed by atoms with van der Waals surface area (Å²) in [6, 6.07) is 2.53. The predicted molar refractivity (Wildman–Crippen MR) is 89.4 cm³/mol. The first kappa shape index (κ1) is 17.4. The van der Waals surface area contributed by atoms with E-state index in [0.717, 1.165) is 6.07 Å². The first-order valence-corrected chi connectivity index (χ1v) is 8.45. The predicted octanol–water partition coefficient (Wildman–Crippen LogP) is 0.733. The number of carbonyl (C=O) groups is 3. The van der Waals surface area contributed by atoms with E-state index in [-0.39, 0.29) is 17.1 Å². The molecule has 9 heteroatoms. The lowest BCUT2D eigenvalue weighted by Crippen LogP contribution is -2.78. The average Bonchev–Trinajstić information content (AvgIpc) is 2.79. The molecule has 134 valence electrons. The van der Waals surface area contributed by atoms with Crippen molar-refractivity contribution in [1.82, 2.24) is 10.2 Å². The number of benzene rings is 1. The molecule has 25 heavy (non-hydrogen) atoms. The first-order chi connectivity index (χ1) is 11.5. The molecule has 0 saturated carbocycles. The number of aromatic hydroxyl groups is 2. The van der Waals surface area contributed by atoms with Crippen LogP contribution in [0.4, 0.5) is 0 Å². The number of rotatable bonds is 3. The van der Waals surface area contributed by atoms with E-state index < -0.39 is 39.5 Å². The fourth-order valence-electron chi connectivity index (χ4n) is 3.35. The molecule has 2 amide bonds. The SMILES string of the molecule is CC1(C)S[C@H]2N(C(=O)[C@]2(C)NC(=O)c2cc(O)ccc2O)[C@H]1C(=O)O. The van der Waals surface area contributed by atoms with Crippen molar-refractivity contribution < 1.29 is 29.7 Å². The molecule has 0 radical (unpaired) electrons. The molecular formula is C16H18N2O6S. The quantitative estimate of drug-likeness (QED) is 0.459. The molecule has 4 N–H and O–H groups in total. The second kappa shape index (κ2) is 5.29. The minimum atomic E-state index is -1.29. The Morgan fingerprint density at radius 2 is 1.88 bits per heavy atom. The van der Waals surface area contributed by atoms with Crippen LogP contribution in [-0.4, -0.2) is 59.7 Å². The minimum Gasteiger partial charge on any atom is -0.508 e. The summed E-state index contributed by atoms with van der Waals surface area (Å²) in [5, 5.41) is 30.8. The Balaban J connectivity index is 1.87. The third kappa shape index (κ3) is 2.41. The third-order valence-corrected chi connectivity index (χ3v) is 6.36. The average molecular weight is 366 g/mol. The van der Waals surface area contributed by atoms with Gasteiger partial charge in [-0.2, -0.15) is 0 Å². The Morgan fingerprint density at radius 3 is 2.48 bits per heavy atom. The molecule has 2 aliphatic heterocycles. The molecule has 0 aliphatic carbocycles. The highest BCUT2D eigenvalue weighted by molar-refractivity contribution is 8.01. The smallest absolute Gasteiger partial charge is 0.327 e. The van der Waals surface area contributed by atoms with Gasteiger partial charge in [-0.25, -0.2) is 4.79 Å². The van der Waals surface area contributed by atoms with Gasteiger partial charge in [0, 0.05) is 4.75 Å². The van der Waals surface area contributed by atoms with Crippen LogP contribution in [0.1, 0.15) is 31.1 Å². The summed E-state index contributed by atoms with van der Waals surface area (Å²) in [4.78, 5) is 37.9. The Bertz CT molecular complexity index is 795. The van der Waals surface area contributed by atoms with Crippen LogP contribution in [0.15, 0.2) is 18.2 Å². The maximum Gasteiger partial charge on any atom is 0.327 e. The number of carboxylic acid groups (broad SMARTS) is 1. The number of aliphatic carboxylic acids is 1. The summed E-state index contributed by atoms with van der Waals surface area (Å²) in [5.74, 6) is -2.83. The maximum absolute atomic E-state index is 12.6. The van der Waals surface area contributed by atoms with Crippen LogP contribution in [0.5, 0.6) is 11.5 Å². The van der Waals surface area contributed by atoms with Crippen LogP contribution in [0, 0.1) is 0 Å². The minimum absolute atomic E-state index is 0.162. The van der Waals surface area contributed by atoms with Gasteiger partial charge in [-0.3, -0.25) is 9.59 Å². The van der Waals surface area contributed by atoms with Crippen LogP contribution >= 0.6 is 11.8 Å². The molecule has 2 saturated heterocycles. The van der Waals surface area contributed by atoms with Crippen molar-refractivity contribution in [2.75, 3.05) is 0 Å². The van der Waals surface area contributed by atoms with Gasteiger partial charge in [-0.05, 0) is 39.0 Å². The highest BCUT2D eigenvalue weighted by Crippen LogP contribution is 2.54. The second-order valence-electron chi connectivity index (χ2n) is 6.88. The van der Waals surface area contributed by atoms with Gasteiger partial charge in [0.2, 0.25) is 0 Å². The first-order valence-electron chi connectivity index (χ1n) is 7.57. The van der Waals surface area contributed by atoms with Crippen molar-refractivity contribution in [3.05, 3.63) is 23.8 Å². The normalized spacial score (nSPS) is 29.7. The molecule has 1 aromatic rings. The van der Waals surface area contributed by atoms with Crippen LogP contribution in [0.2, 0.25) is 0 Å². The number of amides is 2. The number of phenolic OH excluding ortho intramolecular Hbond substituents is 2. The van der Waals surface area contributed by atoms with Gasteiger partial charge in [0.25, 0.3) is 11.8 Å². The number of phenols is 2. The van der Waals surface area contributed by atoms with Crippen LogP contribution in [0.3, 0.4) is 0 Å². The zero-order valence-corrected chi connectivity index (χ0v) is 14.6. The molecule has 2 heterocycles. The van der Waals surface area contributed by atoms with Gasteiger partial charge < -0.3 is 25.5 Å². The van der Waals surface area contributed by atoms with E-state index in [1.54, 1.807) is 13.8 Å². The Hall–Kier alpha value is -2.42. The number of fused-ring (bicyclic) bond motifs is 1. The fourth-order valence-corrected chi connectivity index (χ4v) is 4.99. The van der Waals surface area contributed by atoms with Gasteiger partial charge in [0.1, 0.15) is 28.5 Å². The lowest BCUT2D eigenvalue weighted by Gasteiger charge is -2.51. The van der Waals surface area contributed by atoms with E-state index in [2.05, 4.69) is 5.32 Å². The van der Waals surface area contributed by atoms with E-state index in [9.17, 15) is 29.7 Å². The molecule has 3 atom stereocenters. The molecule has 0 aromatic heterocycles. The standard InChI is InChI=1S/C16H18N2O6S/c1-15(2)10(12(22)23)18-13(24)16(3,14(18)25-15)17-11(21)8-6-7(19)4-5-9(8)20/h4-6,10,14,19-20H,1-3H3,(H,17,21)(H,22,23)/t10-,14+,16-/m0/s1. The number of hydrogen-bond acceptors (Lipinski definition) is 6. The van der Waals surface area contributed by atoms with Gasteiger partial charge in [-0.1, -0.05) is 0 Å². The van der Waals surface area contributed by atoms with E-state index in [4.69, 9.17) is 0 Å². The monoisotopic (exact) mass is 366 g/mol. The van der Waals surface area contributed by atoms with Crippen molar-refractivity contribution in [1.29, 1.82) is 0 Å². The largest absolute Gasteiger partial charge is 0.508 e. The zero-order valence-electron chi connectivity index (χ0n) is 13.8. The lowest BCUT2D eigenvalue weighted by atomic mass is 9.86. The van der Waals surface area contributed by atoms with E-state index in [1.165, 1.54) is 35.7 Å². The van der Waals surface area contributed by atoms with Crippen molar-refractivity contribution in [3.63, 3.8) is 0 Å². The van der Waals surface area contributed by atoms with Crippen molar-refractivity contribution >= 4 is 29.5 Å². The molecular weight excluding hydrogens is 348 g/mol. The number of thioether (sulfide) groups is 1. The molecule has 1 aromatic carbocycles. The molecule has 8 nitrogen and oxygen atoms in total. The zero-order chi connectivity index (χ0) is 18.7. The number of carbonyl (C=O) groups excluding carboxylic acids is 2. The van der Waals surface area contributed by atoms with Gasteiger partial charge in [0.15, 0.2) is 0 Å². The van der Waals surface area contributed by atoms with Gasteiger partial charge >= 0.3 is 5.97 Å². The third-order valence-electron chi connectivity index (χ3n) is 4.61. The number of carboxylic acids is 1. The molecule has 0 unspecified atom stereocenters. The van der Waals surface area contributed by atoms with Crippen LogP contribution in [-0.2, 0) is 9.59 Å². The summed E-state index contributed by atoms with van der Waals surface area (Å²) in [7, 11) is 0. The molecule has 3 rings (SSSR count). The highest BCUT2D eigenvalue weighted by atomic mass is 32.2. The number of nitrogens with zero attached hydrogens (tertiary/aromatic N) is 1. The summed E-state index contributed by atoms with van der Waals surface area (Å²) >= 11 is 1.31.